The van der Waals surface area contributed by atoms with E-state index in [-0.39, 0.29) is 12.2 Å². The van der Waals surface area contributed by atoms with Crippen LogP contribution in [0, 0.1) is 20.8 Å². The summed E-state index contributed by atoms with van der Waals surface area (Å²) in [5.74, 6) is 1.35. The van der Waals surface area contributed by atoms with Gasteiger partial charge in [0.05, 0.1) is 11.1 Å². The maximum atomic E-state index is 11.9. The fraction of sp³-hybridized carbons (Fsp3) is 0.333. The SMILES string of the molecule is CCc1cc(COc2cc(C)cc3oc(=O)c(C)c(C)c23)on1. The monoisotopic (exact) mass is 313 g/mol. The molecule has 0 atom stereocenters. The first-order valence-corrected chi connectivity index (χ1v) is 7.61. The lowest BCUT2D eigenvalue weighted by atomic mass is 10.0. The van der Waals surface area contributed by atoms with Crippen molar-refractivity contribution in [1.29, 1.82) is 0 Å². The van der Waals surface area contributed by atoms with Crippen LogP contribution in [-0.2, 0) is 13.0 Å². The molecule has 0 fully saturated rings. The number of hydrogen-bond donors (Lipinski definition) is 0. The van der Waals surface area contributed by atoms with Crippen molar-refractivity contribution in [2.45, 2.75) is 40.7 Å². The molecule has 0 amide bonds. The lowest BCUT2D eigenvalue weighted by Gasteiger charge is -2.12. The molecule has 5 heteroatoms. The van der Waals surface area contributed by atoms with Crippen LogP contribution in [0.5, 0.6) is 5.75 Å². The van der Waals surface area contributed by atoms with Gasteiger partial charge in [0.2, 0.25) is 0 Å². The number of nitrogens with zero attached hydrogens (tertiary/aromatic N) is 1. The van der Waals surface area contributed by atoms with E-state index in [9.17, 15) is 4.79 Å². The first kappa shape index (κ1) is 15.3. The lowest BCUT2D eigenvalue weighted by Crippen LogP contribution is -2.07. The van der Waals surface area contributed by atoms with Crippen molar-refractivity contribution in [2.24, 2.45) is 0 Å². The Morgan fingerprint density at radius 3 is 2.61 bits per heavy atom. The summed E-state index contributed by atoms with van der Waals surface area (Å²) >= 11 is 0. The normalized spacial score (nSPS) is 11.1. The van der Waals surface area contributed by atoms with Crippen molar-refractivity contribution >= 4 is 11.0 Å². The number of benzene rings is 1. The smallest absolute Gasteiger partial charge is 0.339 e. The second-order valence-electron chi connectivity index (χ2n) is 5.70. The minimum atomic E-state index is -0.311. The summed E-state index contributed by atoms with van der Waals surface area (Å²) < 4.78 is 16.6. The molecule has 0 spiro atoms. The molecule has 0 aliphatic heterocycles. The molecule has 0 unspecified atom stereocenters. The van der Waals surface area contributed by atoms with Gasteiger partial charge in [0, 0.05) is 11.6 Å². The average Bonchev–Trinajstić information content (AvgIpc) is 2.98. The zero-order valence-electron chi connectivity index (χ0n) is 13.7. The fourth-order valence-electron chi connectivity index (χ4n) is 2.54. The Kier molecular flexibility index (Phi) is 3.94. The van der Waals surface area contributed by atoms with Crippen molar-refractivity contribution in [3.05, 3.63) is 56.8 Å². The summed E-state index contributed by atoms with van der Waals surface area (Å²) in [6, 6.07) is 5.67. The van der Waals surface area contributed by atoms with Crippen molar-refractivity contribution in [3.63, 3.8) is 0 Å². The fourth-order valence-corrected chi connectivity index (χ4v) is 2.54. The molecule has 0 N–H and O–H groups in total. The third kappa shape index (κ3) is 2.86. The Morgan fingerprint density at radius 1 is 1.13 bits per heavy atom. The van der Waals surface area contributed by atoms with Gasteiger partial charge in [-0.25, -0.2) is 4.79 Å². The number of aromatic nitrogens is 1. The van der Waals surface area contributed by atoms with Crippen LogP contribution in [0.2, 0.25) is 0 Å². The van der Waals surface area contributed by atoms with Gasteiger partial charge in [0.15, 0.2) is 5.76 Å². The molecule has 120 valence electrons. The van der Waals surface area contributed by atoms with Gasteiger partial charge in [0.25, 0.3) is 0 Å². The van der Waals surface area contributed by atoms with E-state index in [1.54, 1.807) is 6.92 Å². The summed E-state index contributed by atoms with van der Waals surface area (Å²) in [5.41, 5.74) is 3.56. The highest BCUT2D eigenvalue weighted by atomic mass is 16.5. The van der Waals surface area contributed by atoms with E-state index in [4.69, 9.17) is 13.7 Å². The average molecular weight is 313 g/mol. The van der Waals surface area contributed by atoms with E-state index < -0.39 is 0 Å². The molecule has 3 aromatic rings. The molecule has 5 nitrogen and oxygen atoms in total. The highest BCUT2D eigenvalue weighted by Gasteiger charge is 2.14. The highest BCUT2D eigenvalue weighted by molar-refractivity contribution is 5.88. The van der Waals surface area contributed by atoms with Gasteiger partial charge in [-0.05, 0) is 50.5 Å². The minimum Gasteiger partial charge on any atom is -0.485 e. The zero-order chi connectivity index (χ0) is 16.6. The van der Waals surface area contributed by atoms with Crippen LogP contribution >= 0.6 is 0 Å². The molecule has 0 aliphatic rings. The molecular formula is C18H19NO4. The first-order chi connectivity index (χ1) is 11.0. The van der Waals surface area contributed by atoms with Crippen molar-refractivity contribution in [3.8, 4) is 5.75 Å². The van der Waals surface area contributed by atoms with E-state index in [2.05, 4.69) is 5.16 Å². The summed E-state index contributed by atoms with van der Waals surface area (Å²) in [5, 5.41) is 4.78. The second-order valence-corrected chi connectivity index (χ2v) is 5.70. The van der Waals surface area contributed by atoms with Crippen LogP contribution < -0.4 is 10.4 Å². The summed E-state index contributed by atoms with van der Waals surface area (Å²) in [7, 11) is 0. The predicted molar refractivity (Wildman–Crippen MR) is 86.9 cm³/mol. The van der Waals surface area contributed by atoms with Gasteiger partial charge in [-0.2, -0.15) is 0 Å². The minimum absolute atomic E-state index is 0.281. The Bertz CT molecular complexity index is 921. The molecule has 2 heterocycles. The second kappa shape index (κ2) is 5.91. The zero-order valence-corrected chi connectivity index (χ0v) is 13.7. The number of ether oxygens (including phenoxy) is 1. The molecular weight excluding hydrogens is 294 g/mol. The van der Waals surface area contributed by atoms with Crippen molar-refractivity contribution < 1.29 is 13.7 Å². The van der Waals surface area contributed by atoms with Gasteiger partial charge in [0.1, 0.15) is 17.9 Å². The van der Waals surface area contributed by atoms with E-state index in [1.165, 1.54) is 0 Å². The van der Waals surface area contributed by atoms with Crippen molar-refractivity contribution in [1.82, 2.24) is 5.16 Å². The van der Waals surface area contributed by atoms with Crippen LogP contribution in [-0.4, -0.2) is 5.16 Å². The van der Waals surface area contributed by atoms with Gasteiger partial charge in [-0.1, -0.05) is 12.1 Å². The first-order valence-electron chi connectivity index (χ1n) is 7.61. The molecule has 0 saturated carbocycles. The Balaban J connectivity index is 2.02. The Labute approximate surface area is 133 Å². The summed E-state index contributed by atoms with van der Waals surface area (Å²) in [6.07, 6.45) is 0.820. The molecule has 0 bridgehead atoms. The number of hydrogen-bond acceptors (Lipinski definition) is 5. The number of aryl methyl sites for hydroxylation is 3. The molecule has 0 radical (unpaired) electrons. The Hall–Kier alpha value is -2.56. The maximum Gasteiger partial charge on any atom is 0.339 e. The van der Waals surface area contributed by atoms with Crippen LogP contribution in [0.4, 0.5) is 0 Å². The Morgan fingerprint density at radius 2 is 1.91 bits per heavy atom. The summed E-state index contributed by atoms with van der Waals surface area (Å²) in [6.45, 7) is 7.90. The quantitative estimate of drug-likeness (QED) is 0.684. The van der Waals surface area contributed by atoms with Crippen molar-refractivity contribution in [2.75, 3.05) is 0 Å². The van der Waals surface area contributed by atoms with E-state index >= 15 is 0 Å². The summed E-state index contributed by atoms with van der Waals surface area (Å²) in [4.78, 5) is 11.9. The van der Waals surface area contributed by atoms with E-state index in [0.717, 1.165) is 28.6 Å². The van der Waals surface area contributed by atoms with Gasteiger partial charge in [-0.15, -0.1) is 0 Å². The molecule has 2 aromatic heterocycles. The van der Waals surface area contributed by atoms with E-state index in [1.807, 2.05) is 39.0 Å². The highest BCUT2D eigenvalue weighted by Crippen LogP contribution is 2.31. The number of fused-ring (bicyclic) bond motifs is 1. The number of rotatable bonds is 4. The van der Waals surface area contributed by atoms with Crippen LogP contribution in [0.3, 0.4) is 0 Å². The van der Waals surface area contributed by atoms with Crippen LogP contribution in [0.1, 0.15) is 35.1 Å². The van der Waals surface area contributed by atoms with E-state index in [0.29, 0.717) is 22.7 Å². The molecule has 0 aliphatic carbocycles. The maximum absolute atomic E-state index is 11.9. The van der Waals surface area contributed by atoms with Crippen LogP contribution in [0.25, 0.3) is 11.0 Å². The van der Waals surface area contributed by atoms with Gasteiger partial charge >= 0.3 is 5.63 Å². The lowest BCUT2D eigenvalue weighted by molar-refractivity contribution is 0.250. The molecule has 1 aromatic carbocycles. The molecule has 0 saturated heterocycles. The molecule has 3 rings (SSSR count). The predicted octanol–water partition coefficient (Wildman–Crippen LogP) is 3.85. The largest absolute Gasteiger partial charge is 0.485 e. The topological polar surface area (TPSA) is 65.5 Å². The van der Waals surface area contributed by atoms with Gasteiger partial charge < -0.3 is 13.7 Å². The third-order valence-electron chi connectivity index (χ3n) is 4.00. The third-order valence-corrected chi connectivity index (χ3v) is 4.00. The molecule has 23 heavy (non-hydrogen) atoms. The standard InChI is InChI=1S/C18H19NO4/c1-5-13-8-14(23-19-13)9-21-15-6-10(2)7-16-17(15)11(3)12(4)18(20)22-16/h6-8H,5,9H2,1-4H3. The van der Waals surface area contributed by atoms with Gasteiger partial charge in [-0.3, -0.25) is 0 Å². The van der Waals surface area contributed by atoms with Crippen LogP contribution in [0.15, 0.2) is 31.9 Å².